The molecule has 1 atom stereocenters. The first-order valence-electron chi connectivity index (χ1n) is 8.68. The number of piperazine rings is 1. The monoisotopic (exact) mass is 403 g/mol. The second-order valence-corrected chi connectivity index (χ2v) is 7.42. The summed E-state index contributed by atoms with van der Waals surface area (Å²) in [6.07, 6.45) is -0.256. The van der Waals surface area contributed by atoms with Gasteiger partial charge in [-0.2, -0.15) is 0 Å². The molecule has 132 valence electrons. The van der Waals surface area contributed by atoms with Crippen molar-refractivity contribution in [3.63, 3.8) is 0 Å². The van der Waals surface area contributed by atoms with E-state index >= 15 is 0 Å². The number of ether oxygens (including phenoxy) is 1. The molecule has 0 aliphatic carbocycles. The third kappa shape index (κ3) is 3.09. The molecule has 1 fully saturated rings. The van der Waals surface area contributed by atoms with Crippen LogP contribution in [0.25, 0.3) is 10.8 Å². The van der Waals surface area contributed by atoms with Crippen molar-refractivity contribution in [1.82, 2.24) is 9.80 Å². The smallest absolute Gasteiger partial charge is 0.409 e. The maximum absolute atomic E-state index is 12.6. The molecule has 25 heavy (non-hydrogen) atoms. The van der Waals surface area contributed by atoms with Crippen molar-refractivity contribution < 1.29 is 9.53 Å². The maximum atomic E-state index is 12.6. The van der Waals surface area contributed by atoms with Crippen LogP contribution in [-0.2, 0) is 0 Å². The highest BCUT2D eigenvalue weighted by Gasteiger charge is 2.27. The van der Waals surface area contributed by atoms with E-state index in [-0.39, 0.29) is 6.09 Å². The van der Waals surface area contributed by atoms with Crippen LogP contribution in [0.3, 0.4) is 0 Å². The second-order valence-electron chi connectivity index (χ2n) is 6.77. The van der Waals surface area contributed by atoms with Crippen molar-refractivity contribution in [2.45, 2.75) is 5.92 Å². The summed E-state index contributed by atoms with van der Waals surface area (Å²) in [5.41, 5.74) is 2.39. The van der Waals surface area contributed by atoms with Crippen molar-refractivity contribution in [1.29, 1.82) is 0 Å². The zero-order valence-electron chi connectivity index (χ0n) is 14.3. The summed E-state index contributed by atoms with van der Waals surface area (Å²) < 4.78 is 5.81. The molecule has 0 aromatic heterocycles. The van der Waals surface area contributed by atoms with E-state index in [1.165, 1.54) is 5.56 Å². The number of halogens is 1. The molecule has 2 aromatic carbocycles. The second kappa shape index (κ2) is 6.84. The van der Waals surface area contributed by atoms with Gasteiger partial charge in [0.15, 0.2) is 0 Å². The van der Waals surface area contributed by atoms with Gasteiger partial charge in [0, 0.05) is 61.1 Å². The fourth-order valence-corrected chi connectivity index (χ4v) is 4.20. The molecule has 2 heterocycles. The minimum atomic E-state index is -0.256. The van der Waals surface area contributed by atoms with Crippen molar-refractivity contribution >= 4 is 38.5 Å². The number of amides is 1. The average molecular weight is 404 g/mol. The minimum Gasteiger partial charge on any atom is -0.409 e. The van der Waals surface area contributed by atoms with E-state index in [0.29, 0.717) is 24.8 Å². The molecular weight excluding hydrogens is 382 g/mol. The summed E-state index contributed by atoms with van der Waals surface area (Å²) in [4.78, 5) is 16.6. The Bertz CT molecular complexity index is 803. The number of hydrogen-bond donors (Lipinski definition) is 1. The number of benzene rings is 2. The lowest BCUT2D eigenvalue weighted by Gasteiger charge is -2.31. The number of rotatable bonds is 2. The molecule has 2 aliphatic heterocycles. The van der Waals surface area contributed by atoms with E-state index in [2.05, 4.69) is 39.3 Å². The van der Waals surface area contributed by atoms with Crippen molar-refractivity contribution in [3.05, 3.63) is 35.9 Å². The Morgan fingerprint density at radius 1 is 1.24 bits per heavy atom. The highest BCUT2D eigenvalue weighted by atomic mass is 79.9. The van der Waals surface area contributed by atoms with Gasteiger partial charge in [-0.3, -0.25) is 0 Å². The first-order chi connectivity index (χ1) is 12.2. The third-order valence-electron chi connectivity index (χ3n) is 5.14. The zero-order valence-corrected chi connectivity index (χ0v) is 15.9. The molecule has 2 aromatic rings. The molecule has 0 saturated carbocycles. The topological polar surface area (TPSA) is 44.8 Å². The Morgan fingerprint density at radius 3 is 2.68 bits per heavy atom. The van der Waals surface area contributed by atoms with Crippen LogP contribution in [0.4, 0.5) is 10.5 Å². The number of nitrogens with zero attached hydrogens (tertiary/aromatic N) is 2. The van der Waals surface area contributed by atoms with Gasteiger partial charge in [0.25, 0.3) is 0 Å². The van der Waals surface area contributed by atoms with Gasteiger partial charge in [0.2, 0.25) is 0 Å². The number of carbonyl (C=O) groups is 1. The summed E-state index contributed by atoms with van der Waals surface area (Å²) >= 11 is 3.61. The molecule has 5 nitrogen and oxygen atoms in total. The standard InChI is InChI=1S/C19H22BrN3O2/c1-22-6-8-23(9-7-22)19(24)25-17-10-16-18(13(11-20)12-21-16)15-5-3-2-4-14(15)17/h2-5,10,13,21H,6-9,11-12H2,1H3/t13-/m1/s1. The Hall–Kier alpha value is -1.79. The van der Waals surface area contributed by atoms with Gasteiger partial charge in [-0.05, 0) is 18.0 Å². The van der Waals surface area contributed by atoms with E-state index in [1.54, 1.807) is 4.90 Å². The van der Waals surface area contributed by atoms with Crippen LogP contribution in [0, 0.1) is 0 Å². The van der Waals surface area contributed by atoms with Gasteiger partial charge < -0.3 is 19.9 Å². The molecule has 6 heteroatoms. The Kier molecular flexibility index (Phi) is 4.56. The molecule has 4 rings (SSSR count). The predicted molar refractivity (Wildman–Crippen MR) is 104 cm³/mol. The lowest BCUT2D eigenvalue weighted by atomic mass is 9.95. The van der Waals surface area contributed by atoms with Gasteiger partial charge in [-0.25, -0.2) is 4.79 Å². The van der Waals surface area contributed by atoms with E-state index in [9.17, 15) is 4.79 Å². The van der Waals surface area contributed by atoms with E-state index in [1.807, 2.05) is 24.3 Å². The number of fused-ring (bicyclic) bond motifs is 3. The minimum absolute atomic E-state index is 0.256. The summed E-state index contributed by atoms with van der Waals surface area (Å²) in [6, 6.07) is 10.2. The number of alkyl halides is 1. The van der Waals surface area contributed by atoms with Gasteiger partial charge >= 0.3 is 6.09 Å². The first-order valence-corrected chi connectivity index (χ1v) is 9.80. The molecule has 0 radical (unpaired) electrons. The van der Waals surface area contributed by atoms with Crippen LogP contribution in [-0.4, -0.2) is 61.0 Å². The third-order valence-corrected chi connectivity index (χ3v) is 5.92. The quantitative estimate of drug-likeness (QED) is 0.779. The SMILES string of the molecule is CN1CCN(C(=O)Oc2cc3c(c4ccccc24)[C@H](CBr)CN3)CC1. The summed E-state index contributed by atoms with van der Waals surface area (Å²) in [5, 5.41) is 6.53. The normalized spacial score (nSPS) is 20.4. The molecule has 2 aliphatic rings. The largest absolute Gasteiger partial charge is 0.415 e. The molecule has 1 N–H and O–H groups in total. The highest BCUT2D eigenvalue weighted by molar-refractivity contribution is 9.09. The Balaban J connectivity index is 1.67. The van der Waals surface area contributed by atoms with Crippen molar-refractivity contribution in [3.8, 4) is 5.75 Å². The number of hydrogen-bond acceptors (Lipinski definition) is 4. The molecule has 1 saturated heterocycles. The van der Waals surface area contributed by atoms with Gasteiger partial charge in [0.05, 0.1) is 0 Å². The molecule has 1 amide bonds. The lowest BCUT2D eigenvalue weighted by molar-refractivity contribution is 0.121. The number of nitrogens with one attached hydrogen (secondary N) is 1. The van der Waals surface area contributed by atoms with Crippen molar-refractivity contribution in [2.75, 3.05) is 50.4 Å². The van der Waals surface area contributed by atoms with Crippen LogP contribution < -0.4 is 10.1 Å². The lowest BCUT2D eigenvalue weighted by Crippen LogP contribution is -2.48. The van der Waals surface area contributed by atoms with Gasteiger partial charge in [0.1, 0.15) is 5.75 Å². The summed E-state index contributed by atoms with van der Waals surface area (Å²) in [5.74, 6) is 1.07. The first kappa shape index (κ1) is 16.7. The number of likely N-dealkylation sites (N-methyl/N-ethyl adjacent to an activating group) is 1. The van der Waals surface area contributed by atoms with Crippen LogP contribution in [0.15, 0.2) is 30.3 Å². The molecular formula is C19H22BrN3O2. The van der Waals surface area contributed by atoms with Gasteiger partial charge in [-0.1, -0.05) is 40.2 Å². The van der Waals surface area contributed by atoms with E-state index < -0.39 is 0 Å². The molecule has 0 unspecified atom stereocenters. The fourth-order valence-electron chi connectivity index (χ4n) is 3.65. The zero-order chi connectivity index (χ0) is 17.4. The average Bonchev–Trinajstić information content (AvgIpc) is 3.05. The molecule has 0 bridgehead atoms. The van der Waals surface area contributed by atoms with Crippen LogP contribution in [0.5, 0.6) is 5.75 Å². The van der Waals surface area contributed by atoms with E-state index in [4.69, 9.17) is 4.74 Å². The maximum Gasteiger partial charge on any atom is 0.415 e. The summed E-state index contributed by atoms with van der Waals surface area (Å²) in [6.45, 7) is 4.09. The number of carbonyl (C=O) groups excluding carboxylic acids is 1. The van der Waals surface area contributed by atoms with Crippen LogP contribution in [0.1, 0.15) is 11.5 Å². The Morgan fingerprint density at radius 2 is 1.96 bits per heavy atom. The van der Waals surface area contributed by atoms with Crippen molar-refractivity contribution in [2.24, 2.45) is 0 Å². The number of anilines is 1. The molecule has 0 spiro atoms. The summed E-state index contributed by atoms with van der Waals surface area (Å²) in [7, 11) is 2.07. The fraction of sp³-hybridized carbons (Fsp3) is 0.421. The van der Waals surface area contributed by atoms with Crippen LogP contribution in [0.2, 0.25) is 0 Å². The highest BCUT2D eigenvalue weighted by Crippen LogP contribution is 2.42. The van der Waals surface area contributed by atoms with E-state index in [0.717, 1.165) is 41.4 Å². The predicted octanol–water partition coefficient (Wildman–Crippen LogP) is 3.49. The van der Waals surface area contributed by atoms with Gasteiger partial charge in [-0.15, -0.1) is 0 Å². The Labute approximate surface area is 156 Å². The van der Waals surface area contributed by atoms with Crippen LogP contribution >= 0.6 is 15.9 Å².